The number of hydrogen-bond acceptors (Lipinski definition) is 10. The third-order valence-electron chi connectivity index (χ3n) is 10.5. The lowest BCUT2D eigenvalue weighted by Crippen LogP contribution is -2.32. The molecule has 3 N–H and O–H groups in total. The minimum Gasteiger partial charge on any atom is -0.472 e. The van der Waals surface area contributed by atoms with Gasteiger partial charge in [0.15, 0.2) is 0 Å². The van der Waals surface area contributed by atoms with E-state index in [-0.39, 0.29) is 54.4 Å². The molecule has 2 aromatic heterocycles. The van der Waals surface area contributed by atoms with Crippen LogP contribution in [-0.2, 0) is 23.8 Å². The molecule has 2 aliphatic carbocycles. The molecule has 8 atom stereocenters. The van der Waals surface area contributed by atoms with Crippen LogP contribution in [0.1, 0.15) is 71.9 Å². The van der Waals surface area contributed by atoms with Crippen molar-refractivity contribution in [1.82, 2.24) is 20.6 Å². The third-order valence-corrected chi connectivity index (χ3v) is 10.5. The van der Waals surface area contributed by atoms with Crippen molar-refractivity contribution in [2.75, 3.05) is 46.8 Å². The topological polar surface area (TPSA) is 150 Å². The minimum atomic E-state index is -0.467. The van der Waals surface area contributed by atoms with Gasteiger partial charge in [-0.3, -0.25) is 9.59 Å². The highest BCUT2D eigenvalue weighted by Gasteiger charge is 2.45. The number of nitrogens with one attached hydrogen (secondary N) is 2. The molecule has 12 nitrogen and oxygen atoms in total. The van der Waals surface area contributed by atoms with Crippen LogP contribution in [-0.4, -0.2) is 85.8 Å². The average molecular weight is 751 g/mol. The number of pyridine rings is 2. The summed E-state index contributed by atoms with van der Waals surface area (Å²) in [6.07, 6.45) is 6.99. The molecule has 4 heterocycles. The quantitative estimate of drug-likeness (QED) is 0.151. The number of amides is 2. The number of aliphatic hydroxyl groups is 1. The smallest absolute Gasteiger partial charge is 0.224 e. The molecule has 2 aromatic carbocycles. The van der Waals surface area contributed by atoms with Crippen molar-refractivity contribution in [3.05, 3.63) is 120 Å². The molecule has 4 aromatic rings. The molecule has 55 heavy (non-hydrogen) atoms. The zero-order valence-electron chi connectivity index (χ0n) is 31.1. The second-order valence-corrected chi connectivity index (χ2v) is 14.5. The number of carbonyl (C=O) groups is 2. The number of ether oxygens (including phenoxy) is 5. The van der Waals surface area contributed by atoms with Crippen LogP contribution in [0, 0.1) is 11.8 Å². The Morgan fingerprint density at radius 2 is 1.18 bits per heavy atom. The molecule has 2 aliphatic heterocycles. The largest absolute Gasteiger partial charge is 0.472 e. The fourth-order valence-corrected chi connectivity index (χ4v) is 7.17. The Balaban J connectivity index is 0.000000169. The highest BCUT2D eigenvalue weighted by Crippen LogP contribution is 2.48. The van der Waals surface area contributed by atoms with E-state index < -0.39 is 6.04 Å². The second kappa shape index (κ2) is 18.6. The number of rotatable bonds is 15. The maximum Gasteiger partial charge on any atom is 0.224 e. The van der Waals surface area contributed by atoms with Gasteiger partial charge in [0, 0.05) is 56.3 Å². The summed E-state index contributed by atoms with van der Waals surface area (Å²) in [4.78, 5) is 34.0. The number of methoxy groups -OCH3 is 1. The lowest BCUT2D eigenvalue weighted by atomic mass is 10.1. The molecule has 12 heteroatoms. The van der Waals surface area contributed by atoms with Gasteiger partial charge in [-0.05, 0) is 59.1 Å². The summed E-state index contributed by atoms with van der Waals surface area (Å²) < 4.78 is 27.5. The molecular formula is C43H50N4O8. The van der Waals surface area contributed by atoms with Gasteiger partial charge in [0.05, 0.1) is 51.7 Å². The van der Waals surface area contributed by atoms with E-state index in [4.69, 9.17) is 23.7 Å². The highest BCUT2D eigenvalue weighted by molar-refractivity contribution is 5.84. The zero-order chi connectivity index (χ0) is 38.0. The Labute approximate surface area is 321 Å². The lowest BCUT2D eigenvalue weighted by Gasteiger charge is -2.19. The van der Waals surface area contributed by atoms with E-state index in [0.717, 1.165) is 43.4 Å². The van der Waals surface area contributed by atoms with E-state index in [2.05, 4.69) is 44.9 Å². The SMILES string of the molecule is COC[C@H](NC(=O)[C@H]1C[C@@H]1c1ccccc1)c1ccc(O[C@H]2CCOC2)nc1.O=C(N[C@@H](CO)c1ccc(O[C@@H]2CCOC2)nc1)[C@H]1C[C@@H]1c1ccccc1. The standard InChI is InChI=1S/C22H26N2O4.C21H24N2O4/c1-26-14-20(16-7-8-21(23-12-16)28-17-9-10-27-13-17)24-22(25)19-11-18(19)15-5-3-2-4-6-15;24-12-19(15-6-7-20(22-11-15)27-16-8-9-26-13-16)23-21(25)18-10-17(18)14-4-2-1-3-5-14/h2-8,12,17-20H,9-11,13-14H2,1H3,(H,24,25);1-7,11,16-19,24H,8-10,12-13H2,(H,23,25)/t17-,18+,19-,20-;16-,17-,18+,19+/m01/s1. The van der Waals surface area contributed by atoms with Gasteiger partial charge in [-0.15, -0.1) is 0 Å². The van der Waals surface area contributed by atoms with Crippen molar-refractivity contribution >= 4 is 11.8 Å². The molecule has 8 rings (SSSR count). The first-order valence-electron chi connectivity index (χ1n) is 19.2. The first-order valence-corrected chi connectivity index (χ1v) is 19.2. The van der Waals surface area contributed by atoms with Crippen molar-refractivity contribution < 1.29 is 38.4 Å². The van der Waals surface area contributed by atoms with Crippen molar-refractivity contribution in [3.8, 4) is 11.8 Å². The molecule has 4 aliphatic rings. The number of hydrogen-bond donors (Lipinski definition) is 3. The van der Waals surface area contributed by atoms with Gasteiger partial charge in [0.2, 0.25) is 23.6 Å². The second-order valence-electron chi connectivity index (χ2n) is 14.5. The van der Waals surface area contributed by atoms with Crippen LogP contribution in [0.5, 0.6) is 11.8 Å². The van der Waals surface area contributed by atoms with E-state index >= 15 is 0 Å². The van der Waals surface area contributed by atoms with Crippen molar-refractivity contribution in [2.24, 2.45) is 11.8 Å². The normalized spacial score (nSPS) is 24.8. The molecule has 0 unspecified atom stereocenters. The molecule has 2 saturated carbocycles. The molecule has 2 amide bonds. The van der Waals surface area contributed by atoms with Crippen molar-refractivity contribution in [1.29, 1.82) is 0 Å². The third kappa shape index (κ3) is 10.5. The van der Waals surface area contributed by atoms with Crippen LogP contribution in [0.25, 0.3) is 0 Å². The predicted octanol–water partition coefficient (Wildman–Crippen LogP) is 5.06. The number of aromatic nitrogens is 2. The molecule has 2 saturated heterocycles. The average Bonchev–Trinajstić information content (AvgIpc) is 4.10. The van der Waals surface area contributed by atoms with Gasteiger partial charge >= 0.3 is 0 Å². The first-order chi connectivity index (χ1) is 27.0. The number of nitrogens with zero attached hydrogens (tertiary/aromatic N) is 2. The fraction of sp³-hybridized carbons (Fsp3) is 0.442. The zero-order valence-corrected chi connectivity index (χ0v) is 31.1. The summed E-state index contributed by atoms with van der Waals surface area (Å²) in [5, 5.41) is 15.8. The van der Waals surface area contributed by atoms with Crippen molar-refractivity contribution in [2.45, 2.75) is 61.8 Å². The monoisotopic (exact) mass is 750 g/mol. The molecule has 0 radical (unpaired) electrons. The molecule has 0 bridgehead atoms. The Morgan fingerprint density at radius 3 is 1.58 bits per heavy atom. The van der Waals surface area contributed by atoms with Crippen LogP contribution in [0.2, 0.25) is 0 Å². The van der Waals surface area contributed by atoms with Crippen molar-refractivity contribution in [3.63, 3.8) is 0 Å². The number of carbonyl (C=O) groups excluding carboxylic acids is 2. The summed E-state index contributed by atoms with van der Waals surface area (Å²) in [6, 6.07) is 27.0. The maximum absolute atomic E-state index is 12.7. The van der Waals surface area contributed by atoms with Crippen LogP contribution in [0.15, 0.2) is 97.3 Å². The van der Waals surface area contributed by atoms with Crippen LogP contribution < -0.4 is 20.1 Å². The van der Waals surface area contributed by atoms with Gasteiger partial charge < -0.3 is 39.4 Å². The molecule has 0 spiro atoms. The number of aliphatic hydroxyl groups excluding tert-OH is 1. The summed E-state index contributed by atoms with van der Waals surface area (Å²) >= 11 is 0. The highest BCUT2D eigenvalue weighted by atomic mass is 16.6. The fourth-order valence-electron chi connectivity index (χ4n) is 7.17. The van der Waals surface area contributed by atoms with Gasteiger partial charge in [0.1, 0.15) is 12.2 Å². The van der Waals surface area contributed by atoms with E-state index in [1.54, 1.807) is 25.6 Å². The van der Waals surface area contributed by atoms with Gasteiger partial charge in [-0.25, -0.2) is 9.97 Å². The first kappa shape index (κ1) is 38.4. The summed E-state index contributed by atoms with van der Waals surface area (Å²) in [6.45, 7) is 2.86. The van der Waals surface area contributed by atoms with Crippen LogP contribution >= 0.6 is 0 Å². The summed E-state index contributed by atoms with van der Waals surface area (Å²) in [5.74, 6) is 1.74. The Kier molecular flexibility index (Phi) is 13.0. The molecule has 290 valence electrons. The van der Waals surface area contributed by atoms with E-state index in [1.165, 1.54) is 11.1 Å². The van der Waals surface area contributed by atoms with Gasteiger partial charge in [-0.1, -0.05) is 60.7 Å². The Bertz CT molecular complexity index is 1800. The maximum atomic E-state index is 12.7. The van der Waals surface area contributed by atoms with E-state index in [9.17, 15) is 14.7 Å². The summed E-state index contributed by atoms with van der Waals surface area (Å²) in [5.41, 5.74) is 4.09. The van der Waals surface area contributed by atoms with E-state index in [0.29, 0.717) is 44.1 Å². The van der Waals surface area contributed by atoms with Crippen LogP contribution in [0.3, 0.4) is 0 Å². The van der Waals surface area contributed by atoms with Gasteiger partial charge in [-0.2, -0.15) is 0 Å². The Hall–Kier alpha value is -4.88. The number of benzene rings is 2. The van der Waals surface area contributed by atoms with Crippen LogP contribution in [0.4, 0.5) is 0 Å². The van der Waals surface area contributed by atoms with Gasteiger partial charge in [0.25, 0.3) is 0 Å². The Morgan fingerprint density at radius 1 is 0.709 bits per heavy atom. The summed E-state index contributed by atoms with van der Waals surface area (Å²) in [7, 11) is 1.63. The predicted molar refractivity (Wildman–Crippen MR) is 203 cm³/mol. The lowest BCUT2D eigenvalue weighted by molar-refractivity contribution is -0.124. The van der Waals surface area contributed by atoms with E-state index in [1.807, 2.05) is 54.6 Å². The molecular weight excluding hydrogens is 700 g/mol. The minimum absolute atomic E-state index is 0.0219. The molecule has 4 fully saturated rings.